The zero-order valence-electron chi connectivity index (χ0n) is 11.4. The van der Waals surface area contributed by atoms with Crippen molar-refractivity contribution in [3.63, 3.8) is 0 Å². The maximum atomic E-state index is 12.4. The summed E-state index contributed by atoms with van der Waals surface area (Å²) in [4.78, 5) is 1.000. The molecule has 0 aliphatic heterocycles. The molecule has 0 fully saturated rings. The molecule has 0 saturated heterocycles. The van der Waals surface area contributed by atoms with E-state index in [1.54, 1.807) is 24.3 Å². The summed E-state index contributed by atoms with van der Waals surface area (Å²) in [5, 5.41) is 0. The monoisotopic (exact) mass is 344 g/mol. The van der Waals surface area contributed by atoms with Gasteiger partial charge in [-0.3, -0.25) is 0 Å². The molecular weight excluding hydrogens is 328 g/mol. The maximum Gasteiger partial charge on any atom is 0.215 e. The Morgan fingerprint density at radius 3 is 2.24 bits per heavy atom. The highest BCUT2D eigenvalue weighted by atomic mass is 32.2. The number of rotatable bonds is 5. The summed E-state index contributed by atoms with van der Waals surface area (Å²) in [7, 11) is -5.93. The van der Waals surface area contributed by atoms with Gasteiger partial charge in [0.1, 0.15) is 4.21 Å². The number of hydrogen-bond acceptors (Lipinski definition) is 5. The summed E-state index contributed by atoms with van der Waals surface area (Å²) < 4.78 is 39.4. The lowest BCUT2D eigenvalue weighted by molar-refractivity contribution is 0.598. The van der Waals surface area contributed by atoms with Gasteiger partial charge in [0.2, 0.25) is 9.84 Å². The molecule has 0 aliphatic rings. The number of thiophene rings is 1. The molecule has 0 spiro atoms. The number of hydrogen-bond donors (Lipinski definition) is 2. The summed E-state index contributed by atoms with van der Waals surface area (Å²) in [5.74, 6) is 3.48. The minimum atomic E-state index is -3.54. The van der Waals surface area contributed by atoms with E-state index in [9.17, 15) is 12.6 Å². The Balaban J connectivity index is 2.33. The molecule has 5 nitrogen and oxygen atoms in total. The van der Waals surface area contributed by atoms with Crippen molar-refractivity contribution in [1.29, 1.82) is 0 Å². The van der Waals surface area contributed by atoms with Crippen LogP contribution < -0.4 is 10.5 Å². The molecule has 1 heterocycles. The van der Waals surface area contributed by atoms with Gasteiger partial charge in [-0.25, -0.2) is 12.6 Å². The van der Waals surface area contributed by atoms with Crippen LogP contribution in [0, 0.1) is 0 Å². The van der Waals surface area contributed by atoms with Crippen LogP contribution in [-0.2, 0) is 26.1 Å². The quantitative estimate of drug-likeness (QED) is 0.808. The van der Waals surface area contributed by atoms with Crippen LogP contribution in [0.15, 0.2) is 45.5 Å². The second-order valence-corrected chi connectivity index (χ2v) is 10.1. The summed E-state index contributed by atoms with van der Waals surface area (Å²) >= 11 is 1.16. The maximum absolute atomic E-state index is 12.4. The third-order valence-corrected chi connectivity index (χ3v) is 6.64. The Bertz CT molecular complexity index is 835. The van der Waals surface area contributed by atoms with E-state index in [1.807, 2.05) is 0 Å². The fraction of sp³-hybridized carbons (Fsp3) is 0.154. The van der Waals surface area contributed by atoms with Crippen molar-refractivity contribution in [2.24, 2.45) is 5.73 Å². The van der Waals surface area contributed by atoms with Gasteiger partial charge in [0.25, 0.3) is 0 Å². The highest BCUT2D eigenvalue weighted by molar-refractivity contribution is 8.00. The van der Waals surface area contributed by atoms with Crippen molar-refractivity contribution in [2.45, 2.75) is 15.6 Å². The number of sulfone groups is 1. The Morgan fingerprint density at radius 2 is 1.76 bits per heavy atom. The third-order valence-electron chi connectivity index (χ3n) is 2.60. The summed E-state index contributed by atoms with van der Waals surface area (Å²) in [6.45, 7) is 0.317. The minimum Gasteiger partial charge on any atom is -0.326 e. The van der Waals surface area contributed by atoms with Gasteiger partial charge in [0.15, 0.2) is 0 Å². The topological polar surface area (TPSA) is 89.3 Å². The summed E-state index contributed by atoms with van der Waals surface area (Å²) in [5.41, 5.74) is 6.06. The van der Waals surface area contributed by atoms with Crippen molar-refractivity contribution in [1.82, 2.24) is 0 Å². The SMILES string of the molecule is C=S(C)(=O)Nc1ccc(S(=O)(=O)c2ccc(CN)s2)cc1. The average Bonchev–Trinajstić information content (AvgIpc) is 2.87. The smallest absolute Gasteiger partial charge is 0.215 e. The van der Waals surface area contributed by atoms with E-state index in [0.717, 1.165) is 16.2 Å². The normalized spacial score (nSPS) is 14.6. The first kappa shape index (κ1) is 16.0. The molecule has 21 heavy (non-hydrogen) atoms. The molecule has 114 valence electrons. The highest BCUT2D eigenvalue weighted by Crippen LogP contribution is 2.28. The van der Waals surface area contributed by atoms with E-state index in [4.69, 9.17) is 5.73 Å². The van der Waals surface area contributed by atoms with Crippen molar-refractivity contribution in [3.05, 3.63) is 41.3 Å². The molecule has 0 bridgehead atoms. The van der Waals surface area contributed by atoms with Crippen molar-refractivity contribution < 1.29 is 12.6 Å². The Hall–Kier alpha value is -1.35. The van der Waals surface area contributed by atoms with Crippen LogP contribution in [0.1, 0.15) is 4.88 Å². The van der Waals surface area contributed by atoms with Crippen LogP contribution >= 0.6 is 11.3 Å². The molecule has 0 aliphatic carbocycles. The van der Waals surface area contributed by atoms with Gasteiger partial charge in [-0.1, -0.05) is 0 Å². The average molecular weight is 344 g/mol. The number of benzene rings is 1. The summed E-state index contributed by atoms with van der Waals surface area (Å²) in [6, 6.07) is 9.36. The number of nitrogens with two attached hydrogens (primary N) is 1. The van der Waals surface area contributed by atoms with E-state index in [1.165, 1.54) is 18.4 Å². The molecule has 2 rings (SSSR count). The standard InChI is InChI=1S/C13H16N2O3S3/c1-20(2,16)15-10-3-6-12(7-4-10)21(17,18)13-8-5-11(9-14)19-13/h3-8H,1,9,14H2,2H3,(H,15,16). The van der Waals surface area contributed by atoms with Crippen LogP contribution in [0.3, 0.4) is 0 Å². The van der Waals surface area contributed by atoms with Crippen LogP contribution in [0.5, 0.6) is 0 Å². The van der Waals surface area contributed by atoms with Gasteiger partial charge < -0.3 is 10.5 Å². The third kappa shape index (κ3) is 3.85. The van der Waals surface area contributed by atoms with Crippen molar-refractivity contribution in [2.75, 3.05) is 11.0 Å². The molecule has 0 saturated carbocycles. The lowest BCUT2D eigenvalue weighted by atomic mass is 10.3. The fourth-order valence-electron chi connectivity index (χ4n) is 1.68. The lowest BCUT2D eigenvalue weighted by Gasteiger charge is -2.08. The molecule has 1 aromatic carbocycles. The van der Waals surface area contributed by atoms with E-state index in [-0.39, 0.29) is 9.10 Å². The van der Waals surface area contributed by atoms with E-state index < -0.39 is 19.5 Å². The van der Waals surface area contributed by atoms with E-state index >= 15 is 0 Å². The fourth-order valence-corrected chi connectivity index (χ4v) is 4.95. The van der Waals surface area contributed by atoms with E-state index in [2.05, 4.69) is 10.6 Å². The van der Waals surface area contributed by atoms with Crippen LogP contribution in [0.2, 0.25) is 0 Å². The number of nitrogens with one attached hydrogen (secondary N) is 1. The first-order valence-electron chi connectivity index (χ1n) is 5.96. The van der Waals surface area contributed by atoms with Gasteiger partial charge in [-0.05, 0) is 42.3 Å². The number of anilines is 1. The van der Waals surface area contributed by atoms with Gasteiger partial charge in [0, 0.05) is 33.1 Å². The van der Waals surface area contributed by atoms with Gasteiger partial charge in [-0.15, -0.1) is 11.3 Å². The van der Waals surface area contributed by atoms with Gasteiger partial charge in [-0.2, -0.15) is 0 Å². The molecule has 0 amide bonds. The zero-order chi connectivity index (χ0) is 15.7. The lowest BCUT2D eigenvalue weighted by Crippen LogP contribution is -2.09. The van der Waals surface area contributed by atoms with Crippen molar-refractivity contribution >= 4 is 42.4 Å². The Morgan fingerprint density at radius 1 is 1.14 bits per heavy atom. The second kappa shape index (κ2) is 5.80. The van der Waals surface area contributed by atoms with Crippen LogP contribution in [-0.4, -0.2) is 24.8 Å². The minimum absolute atomic E-state index is 0.185. The Labute approximate surface area is 128 Å². The Kier molecular flexibility index (Phi) is 4.43. The highest BCUT2D eigenvalue weighted by Gasteiger charge is 2.19. The molecule has 2 aromatic rings. The van der Waals surface area contributed by atoms with Gasteiger partial charge >= 0.3 is 0 Å². The molecule has 1 atom stereocenters. The predicted molar refractivity (Wildman–Crippen MR) is 88.9 cm³/mol. The molecule has 1 aromatic heterocycles. The second-order valence-electron chi connectivity index (χ2n) is 4.56. The van der Waals surface area contributed by atoms with E-state index in [0.29, 0.717) is 12.2 Å². The molecule has 8 heteroatoms. The van der Waals surface area contributed by atoms with Crippen molar-refractivity contribution in [3.8, 4) is 0 Å². The molecule has 0 radical (unpaired) electrons. The van der Waals surface area contributed by atoms with Gasteiger partial charge in [0.05, 0.1) is 4.90 Å². The zero-order valence-corrected chi connectivity index (χ0v) is 13.9. The molecule has 1 unspecified atom stereocenters. The first-order valence-corrected chi connectivity index (χ1v) is 10.4. The van der Waals surface area contributed by atoms with Crippen LogP contribution in [0.4, 0.5) is 5.69 Å². The van der Waals surface area contributed by atoms with Crippen LogP contribution in [0.25, 0.3) is 0 Å². The molecule has 3 N–H and O–H groups in total. The summed E-state index contributed by atoms with van der Waals surface area (Å²) in [6.07, 6.45) is 1.47. The molecular formula is C13H16N2O3S3. The largest absolute Gasteiger partial charge is 0.326 e. The predicted octanol–water partition coefficient (Wildman–Crippen LogP) is 1.71. The first-order chi connectivity index (χ1) is 9.72.